The van der Waals surface area contributed by atoms with E-state index in [1.165, 1.54) is 0 Å². The van der Waals surface area contributed by atoms with Crippen molar-refractivity contribution in [3.8, 4) is 0 Å². The van der Waals surface area contributed by atoms with Crippen molar-refractivity contribution in [3.63, 3.8) is 0 Å². The van der Waals surface area contributed by atoms with Gasteiger partial charge in [0.25, 0.3) is 0 Å². The molecule has 0 fully saturated rings. The van der Waals surface area contributed by atoms with Crippen LogP contribution >= 0.6 is 0 Å². The predicted octanol–water partition coefficient (Wildman–Crippen LogP) is 0.626. The molecule has 78 valence electrons. The maximum atomic E-state index is 10.8. The molecule has 0 atom stereocenters. The molecule has 14 heavy (non-hydrogen) atoms. The summed E-state index contributed by atoms with van der Waals surface area (Å²) in [5, 5.41) is 0. The van der Waals surface area contributed by atoms with E-state index in [1.807, 2.05) is 19.1 Å². The molecule has 3 N–H and O–H groups in total. The molecule has 0 amide bonds. The van der Waals surface area contributed by atoms with Crippen LogP contribution in [0, 0.1) is 6.92 Å². The Bertz CT molecular complexity index is 426. The fourth-order valence-corrected chi connectivity index (χ4v) is 1.51. The number of rotatable bonds is 3. The Morgan fingerprint density at radius 2 is 2.07 bits per heavy atom. The summed E-state index contributed by atoms with van der Waals surface area (Å²) >= 11 is 0. The van der Waals surface area contributed by atoms with Crippen LogP contribution in [0.2, 0.25) is 0 Å². The van der Waals surface area contributed by atoms with Crippen molar-refractivity contribution < 1.29 is 8.42 Å². The minimum atomic E-state index is -3.16. The third-order valence-corrected chi connectivity index (χ3v) is 2.49. The number of sulfonamides is 1. The molecular weight excluding hydrogens is 200 g/mol. The number of hydrogen-bond acceptors (Lipinski definition) is 3. The second kappa shape index (κ2) is 3.98. The van der Waals surface area contributed by atoms with Gasteiger partial charge in [0.1, 0.15) is 0 Å². The number of nitrogens with one attached hydrogen (secondary N) is 1. The number of anilines is 1. The van der Waals surface area contributed by atoms with E-state index < -0.39 is 10.0 Å². The average Bonchev–Trinajstić information content (AvgIpc) is 2.05. The lowest BCUT2D eigenvalue weighted by molar-refractivity contribution is 0.587. The molecule has 1 aromatic rings. The van der Waals surface area contributed by atoms with Gasteiger partial charge in [-0.1, -0.05) is 17.7 Å². The van der Waals surface area contributed by atoms with Gasteiger partial charge in [-0.15, -0.1) is 0 Å². The van der Waals surface area contributed by atoms with Gasteiger partial charge >= 0.3 is 0 Å². The Hall–Kier alpha value is -1.07. The van der Waals surface area contributed by atoms with Crippen molar-refractivity contribution in [1.29, 1.82) is 0 Å². The number of nitrogen functional groups attached to an aromatic ring is 1. The lowest BCUT2D eigenvalue weighted by Gasteiger charge is -2.06. The molecule has 0 unspecified atom stereocenters. The lowest BCUT2D eigenvalue weighted by atomic mass is 10.1. The first-order chi connectivity index (χ1) is 6.38. The van der Waals surface area contributed by atoms with Gasteiger partial charge in [-0.2, -0.15) is 0 Å². The van der Waals surface area contributed by atoms with Crippen LogP contribution in [-0.4, -0.2) is 14.7 Å². The van der Waals surface area contributed by atoms with Gasteiger partial charge < -0.3 is 5.73 Å². The second-order valence-electron chi connectivity index (χ2n) is 3.30. The molecule has 0 saturated carbocycles. The minimum absolute atomic E-state index is 0.242. The van der Waals surface area contributed by atoms with Gasteiger partial charge in [-0.3, -0.25) is 0 Å². The maximum Gasteiger partial charge on any atom is 0.209 e. The third-order valence-electron chi connectivity index (χ3n) is 1.82. The highest BCUT2D eigenvalue weighted by molar-refractivity contribution is 7.88. The van der Waals surface area contributed by atoms with Crippen LogP contribution in [0.15, 0.2) is 18.2 Å². The molecule has 0 bridgehead atoms. The Morgan fingerprint density at radius 3 is 2.64 bits per heavy atom. The van der Waals surface area contributed by atoms with E-state index in [-0.39, 0.29) is 6.54 Å². The minimum Gasteiger partial charge on any atom is -0.398 e. The number of aryl methyl sites for hydroxylation is 1. The van der Waals surface area contributed by atoms with Gasteiger partial charge in [-0.25, -0.2) is 13.1 Å². The molecule has 5 heteroatoms. The summed E-state index contributed by atoms with van der Waals surface area (Å²) in [5.41, 5.74) is 8.15. The van der Waals surface area contributed by atoms with E-state index in [4.69, 9.17) is 5.73 Å². The first-order valence-electron chi connectivity index (χ1n) is 4.18. The number of benzene rings is 1. The molecule has 0 aliphatic heterocycles. The summed E-state index contributed by atoms with van der Waals surface area (Å²) in [4.78, 5) is 0. The Kier molecular flexibility index (Phi) is 3.13. The molecule has 0 aliphatic rings. The SMILES string of the molecule is Cc1ccc(N)c(CNS(C)(=O)=O)c1. The van der Waals surface area contributed by atoms with Crippen molar-refractivity contribution >= 4 is 15.7 Å². The van der Waals surface area contributed by atoms with Crippen LogP contribution in [-0.2, 0) is 16.6 Å². The molecule has 0 spiro atoms. The molecular formula is C9H14N2O2S. The Labute approximate surface area is 84.2 Å². The number of nitrogens with two attached hydrogens (primary N) is 1. The van der Waals surface area contributed by atoms with Gasteiger partial charge in [0.05, 0.1) is 6.26 Å². The quantitative estimate of drug-likeness (QED) is 0.725. The summed E-state index contributed by atoms with van der Waals surface area (Å²) in [6.45, 7) is 2.18. The first kappa shape index (κ1) is 11.0. The van der Waals surface area contributed by atoms with Crippen LogP contribution in [0.25, 0.3) is 0 Å². The van der Waals surface area contributed by atoms with Crippen molar-refractivity contribution in [3.05, 3.63) is 29.3 Å². The van der Waals surface area contributed by atoms with E-state index in [1.54, 1.807) is 6.07 Å². The van der Waals surface area contributed by atoms with Crippen molar-refractivity contribution in [2.75, 3.05) is 12.0 Å². The predicted molar refractivity (Wildman–Crippen MR) is 57.3 cm³/mol. The van der Waals surface area contributed by atoms with Crippen LogP contribution < -0.4 is 10.5 Å². The van der Waals surface area contributed by atoms with E-state index in [2.05, 4.69) is 4.72 Å². The zero-order valence-electron chi connectivity index (χ0n) is 8.24. The third kappa shape index (κ3) is 3.35. The highest BCUT2D eigenvalue weighted by Crippen LogP contribution is 2.13. The van der Waals surface area contributed by atoms with E-state index in [9.17, 15) is 8.42 Å². The van der Waals surface area contributed by atoms with E-state index in [0.717, 1.165) is 17.4 Å². The summed E-state index contributed by atoms with van der Waals surface area (Å²) < 4.78 is 24.1. The van der Waals surface area contributed by atoms with Crippen molar-refractivity contribution in [2.45, 2.75) is 13.5 Å². The molecule has 4 nitrogen and oxygen atoms in total. The maximum absolute atomic E-state index is 10.8. The zero-order valence-corrected chi connectivity index (χ0v) is 9.06. The molecule has 1 rings (SSSR count). The molecule has 1 aromatic carbocycles. The zero-order chi connectivity index (χ0) is 10.8. The Balaban J connectivity index is 2.81. The summed E-state index contributed by atoms with van der Waals surface area (Å²) in [6, 6.07) is 5.53. The molecule has 0 heterocycles. The van der Waals surface area contributed by atoms with E-state index >= 15 is 0 Å². The van der Waals surface area contributed by atoms with Gasteiger partial charge in [0, 0.05) is 12.2 Å². The monoisotopic (exact) mass is 214 g/mol. The van der Waals surface area contributed by atoms with Crippen LogP contribution in [0.1, 0.15) is 11.1 Å². The molecule has 0 aliphatic carbocycles. The standard InChI is InChI=1S/C9H14N2O2S/c1-7-3-4-9(10)8(5-7)6-11-14(2,12)13/h3-5,11H,6,10H2,1-2H3. The normalized spacial score (nSPS) is 11.6. The fourth-order valence-electron chi connectivity index (χ4n) is 1.10. The highest BCUT2D eigenvalue weighted by Gasteiger charge is 2.03. The topological polar surface area (TPSA) is 72.2 Å². The van der Waals surface area contributed by atoms with Crippen LogP contribution in [0.5, 0.6) is 0 Å². The van der Waals surface area contributed by atoms with Crippen LogP contribution in [0.4, 0.5) is 5.69 Å². The summed E-state index contributed by atoms with van der Waals surface area (Å²) in [7, 11) is -3.16. The first-order valence-corrected chi connectivity index (χ1v) is 6.07. The summed E-state index contributed by atoms with van der Waals surface area (Å²) in [6.07, 6.45) is 1.12. The fraction of sp³-hybridized carbons (Fsp3) is 0.333. The summed E-state index contributed by atoms with van der Waals surface area (Å²) in [5.74, 6) is 0. The van der Waals surface area contributed by atoms with Crippen LogP contribution in [0.3, 0.4) is 0 Å². The largest absolute Gasteiger partial charge is 0.398 e. The average molecular weight is 214 g/mol. The molecule has 0 saturated heterocycles. The van der Waals surface area contributed by atoms with Crippen molar-refractivity contribution in [1.82, 2.24) is 4.72 Å². The highest BCUT2D eigenvalue weighted by atomic mass is 32.2. The van der Waals surface area contributed by atoms with Gasteiger partial charge in [0.15, 0.2) is 0 Å². The molecule has 0 radical (unpaired) electrons. The van der Waals surface area contributed by atoms with Gasteiger partial charge in [-0.05, 0) is 18.6 Å². The van der Waals surface area contributed by atoms with Gasteiger partial charge in [0.2, 0.25) is 10.0 Å². The Morgan fingerprint density at radius 1 is 1.43 bits per heavy atom. The molecule has 0 aromatic heterocycles. The second-order valence-corrected chi connectivity index (χ2v) is 5.13. The number of hydrogen-bond donors (Lipinski definition) is 2. The van der Waals surface area contributed by atoms with E-state index in [0.29, 0.717) is 5.69 Å². The lowest BCUT2D eigenvalue weighted by Crippen LogP contribution is -2.21. The smallest absolute Gasteiger partial charge is 0.209 e. The van der Waals surface area contributed by atoms with Crippen molar-refractivity contribution in [2.24, 2.45) is 0 Å².